The van der Waals surface area contributed by atoms with E-state index >= 15 is 0 Å². The standard InChI is InChI=1S/C14H24N4O/c1-17(2)9-5-8-16-13-7-6-11(10-12(13)15)14(19)18(3)4/h6-7,10,16H,5,8-9,15H2,1-4H3. The van der Waals surface area contributed by atoms with Crippen molar-refractivity contribution < 1.29 is 4.79 Å². The van der Waals surface area contributed by atoms with E-state index in [4.69, 9.17) is 5.73 Å². The molecule has 0 spiro atoms. The second-order valence-corrected chi connectivity index (χ2v) is 5.09. The number of benzene rings is 1. The van der Waals surface area contributed by atoms with E-state index in [0.717, 1.165) is 25.2 Å². The highest BCUT2D eigenvalue weighted by Gasteiger charge is 2.09. The van der Waals surface area contributed by atoms with Gasteiger partial charge in [-0.25, -0.2) is 0 Å². The minimum Gasteiger partial charge on any atom is -0.397 e. The van der Waals surface area contributed by atoms with Crippen LogP contribution in [-0.4, -0.2) is 57.0 Å². The monoisotopic (exact) mass is 264 g/mol. The molecule has 0 aromatic heterocycles. The Kier molecular flexibility index (Phi) is 5.63. The molecule has 0 aliphatic heterocycles. The molecule has 5 nitrogen and oxygen atoms in total. The maximum Gasteiger partial charge on any atom is 0.253 e. The molecule has 1 rings (SSSR count). The molecule has 0 radical (unpaired) electrons. The quantitative estimate of drug-likeness (QED) is 0.601. The number of nitrogens with one attached hydrogen (secondary N) is 1. The van der Waals surface area contributed by atoms with Crippen molar-refractivity contribution in [3.63, 3.8) is 0 Å². The Hall–Kier alpha value is -1.75. The number of carbonyl (C=O) groups excluding carboxylic acids is 1. The summed E-state index contributed by atoms with van der Waals surface area (Å²) in [6, 6.07) is 5.38. The SMILES string of the molecule is CN(C)CCCNc1ccc(C(=O)N(C)C)cc1N. The van der Waals surface area contributed by atoms with E-state index in [-0.39, 0.29) is 5.91 Å². The molecular weight excluding hydrogens is 240 g/mol. The van der Waals surface area contributed by atoms with Crippen LogP contribution < -0.4 is 11.1 Å². The highest BCUT2D eigenvalue weighted by atomic mass is 16.2. The van der Waals surface area contributed by atoms with Gasteiger partial charge in [0.05, 0.1) is 11.4 Å². The second-order valence-electron chi connectivity index (χ2n) is 5.09. The summed E-state index contributed by atoms with van der Waals surface area (Å²) in [4.78, 5) is 15.5. The number of rotatable bonds is 6. The van der Waals surface area contributed by atoms with Gasteiger partial charge in [-0.2, -0.15) is 0 Å². The summed E-state index contributed by atoms with van der Waals surface area (Å²) in [5.41, 5.74) is 8.06. The third-order valence-corrected chi connectivity index (χ3v) is 2.80. The molecule has 0 bridgehead atoms. The topological polar surface area (TPSA) is 61.6 Å². The Morgan fingerprint density at radius 1 is 1.26 bits per heavy atom. The van der Waals surface area contributed by atoms with Crippen LogP contribution in [-0.2, 0) is 0 Å². The molecule has 0 saturated heterocycles. The third-order valence-electron chi connectivity index (χ3n) is 2.80. The largest absolute Gasteiger partial charge is 0.397 e. The molecular formula is C14H24N4O. The molecule has 0 saturated carbocycles. The lowest BCUT2D eigenvalue weighted by atomic mass is 10.1. The summed E-state index contributed by atoms with van der Waals surface area (Å²) < 4.78 is 0. The second kappa shape index (κ2) is 6.99. The summed E-state index contributed by atoms with van der Waals surface area (Å²) in [6.07, 6.45) is 1.05. The number of nitrogens with zero attached hydrogens (tertiary/aromatic N) is 2. The van der Waals surface area contributed by atoms with E-state index in [2.05, 4.69) is 24.3 Å². The molecule has 19 heavy (non-hydrogen) atoms. The predicted octanol–water partition coefficient (Wildman–Crippen LogP) is 1.33. The maximum absolute atomic E-state index is 11.8. The first-order valence-electron chi connectivity index (χ1n) is 6.41. The van der Waals surface area contributed by atoms with Crippen molar-refractivity contribution in [3.8, 4) is 0 Å². The van der Waals surface area contributed by atoms with Gasteiger partial charge in [0.2, 0.25) is 0 Å². The fourth-order valence-corrected chi connectivity index (χ4v) is 1.73. The van der Waals surface area contributed by atoms with Crippen molar-refractivity contribution in [2.24, 2.45) is 0 Å². The fourth-order valence-electron chi connectivity index (χ4n) is 1.73. The van der Waals surface area contributed by atoms with Crippen LogP contribution in [0.15, 0.2) is 18.2 Å². The first-order valence-corrected chi connectivity index (χ1v) is 6.41. The van der Waals surface area contributed by atoms with E-state index in [9.17, 15) is 4.79 Å². The Morgan fingerprint density at radius 2 is 1.95 bits per heavy atom. The molecule has 0 unspecified atom stereocenters. The number of nitrogens with two attached hydrogens (primary N) is 1. The van der Waals surface area contributed by atoms with Crippen LogP contribution in [0.4, 0.5) is 11.4 Å². The average molecular weight is 264 g/mol. The molecule has 1 amide bonds. The van der Waals surface area contributed by atoms with Crippen LogP contribution in [0.1, 0.15) is 16.8 Å². The molecule has 1 aromatic carbocycles. The van der Waals surface area contributed by atoms with Crippen molar-refractivity contribution in [2.75, 3.05) is 52.3 Å². The lowest BCUT2D eigenvalue weighted by molar-refractivity contribution is 0.0827. The van der Waals surface area contributed by atoms with E-state index in [1.54, 1.807) is 31.1 Å². The molecule has 0 aliphatic carbocycles. The van der Waals surface area contributed by atoms with E-state index < -0.39 is 0 Å². The summed E-state index contributed by atoms with van der Waals surface area (Å²) in [6.45, 7) is 1.90. The van der Waals surface area contributed by atoms with Crippen molar-refractivity contribution in [3.05, 3.63) is 23.8 Å². The first kappa shape index (κ1) is 15.3. The molecule has 0 atom stereocenters. The highest BCUT2D eigenvalue weighted by molar-refractivity contribution is 5.95. The van der Waals surface area contributed by atoms with Gasteiger partial charge in [0, 0.05) is 26.2 Å². The number of amides is 1. The minimum absolute atomic E-state index is 0.0362. The summed E-state index contributed by atoms with van der Waals surface area (Å²) in [5.74, 6) is -0.0362. The lowest BCUT2D eigenvalue weighted by Gasteiger charge is -2.14. The number of hydrogen-bond acceptors (Lipinski definition) is 4. The van der Waals surface area contributed by atoms with Crippen molar-refractivity contribution >= 4 is 17.3 Å². The zero-order chi connectivity index (χ0) is 14.4. The van der Waals surface area contributed by atoms with Gasteiger partial charge in [-0.15, -0.1) is 0 Å². The van der Waals surface area contributed by atoms with Gasteiger partial charge in [-0.1, -0.05) is 0 Å². The smallest absolute Gasteiger partial charge is 0.253 e. The van der Waals surface area contributed by atoms with Crippen LogP contribution in [0, 0.1) is 0 Å². The molecule has 1 aromatic rings. The zero-order valence-electron chi connectivity index (χ0n) is 12.2. The van der Waals surface area contributed by atoms with Gasteiger partial charge in [-0.3, -0.25) is 4.79 Å². The van der Waals surface area contributed by atoms with Crippen LogP contribution >= 0.6 is 0 Å². The Morgan fingerprint density at radius 3 is 2.47 bits per heavy atom. The first-order chi connectivity index (χ1) is 8.91. The van der Waals surface area contributed by atoms with E-state index in [0.29, 0.717) is 11.3 Å². The van der Waals surface area contributed by atoms with Gasteiger partial charge in [-0.05, 0) is 45.3 Å². The molecule has 0 heterocycles. The Bertz CT molecular complexity index is 429. The maximum atomic E-state index is 11.8. The van der Waals surface area contributed by atoms with Crippen LogP contribution in [0.25, 0.3) is 0 Å². The Balaban J connectivity index is 2.60. The van der Waals surface area contributed by atoms with Crippen LogP contribution in [0.5, 0.6) is 0 Å². The molecule has 5 heteroatoms. The van der Waals surface area contributed by atoms with Crippen molar-refractivity contribution in [2.45, 2.75) is 6.42 Å². The van der Waals surface area contributed by atoms with Gasteiger partial charge < -0.3 is 20.9 Å². The Labute approximate surface area is 115 Å². The normalized spacial score (nSPS) is 10.6. The average Bonchev–Trinajstić information content (AvgIpc) is 2.34. The van der Waals surface area contributed by atoms with Gasteiger partial charge in [0.25, 0.3) is 5.91 Å². The fraction of sp³-hybridized carbons (Fsp3) is 0.500. The van der Waals surface area contributed by atoms with E-state index in [1.165, 1.54) is 0 Å². The molecule has 0 aliphatic rings. The van der Waals surface area contributed by atoms with Gasteiger partial charge in [0.1, 0.15) is 0 Å². The lowest BCUT2D eigenvalue weighted by Crippen LogP contribution is -2.22. The molecule has 3 N–H and O–H groups in total. The van der Waals surface area contributed by atoms with Gasteiger partial charge in [0.15, 0.2) is 0 Å². The third kappa shape index (κ3) is 4.79. The summed E-state index contributed by atoms with van der Waals surface area (Å²) in [7, 11) is 7.56. The van der Waals surface area contributed by atoms with Crippen molar-refractivity contribution in [1.82, 2.24) is 9.80 Å². The number of hydrogen-bond donors (Lipinski definition) is 2. The summed E-state index contributed by atoms with van der Waals surface area (Å²) in [5, 5.41) is 3.29. The predicted molar refractivity (Wildman–Crippen MR) is 80.5 cm³/mol. The van der Waals surface area contributed by atoms with Crippen molar-refractivity contribution in [1.29, 1.82) is 0 Å². The van der Waals surface area contributed by atoms with Gasteiger partial charge >= 0.3 is 0 Å². The zero-order valence-corrected chi connectivity index (χ0v) is 12.2. The van der Waals surface area contributed by atoms with E-state index in [1.807, 2.05) is 6.07 Å². The van der Waals surface area contributed by atoms with Crippen LogP contribution in [0.3, 0.4) is 0 Å². The molecule has 0 fully saturated rings. The van der Waals surface area contributed by atoms with Crippen LogP contribution in [0.2, 0.25) is 0 Å². The molecule has 106 valence electrons. The minimum atomic E-state index is -0.0362. The summed E-state index contributed by atoms with van der Waals surface area (Å²) >= 11 is 0. The number of nitrogen functional groups attached to an aromatic ring is 1. The number of carbonyl (C=O) groups is 1. The number of anilines is 2. The highest BCUT2D eigenvalue weighted by Crippen LogP contribution is 2.20.